The number of aliphatic hydroxyl groups is 1. The summed E-state index contributed by atoms with van der Waals surface area (Å²) in [5.41, 5.74) is 5.22. The van der Waals surface area contributed by atoms with Crippen LogP contribution in [0.15, 0.2) is 0 Å². The van der Waals surface area contributed by atoms with E-state index < -0.39 is 6.10 Å². The van der Waals surface area contributed by atoms with Gasteiger partial charge in [0.2, 0.25) is 5.91 Å². The molecular weight excluding hydrogens is 230 g/mol. The van der Waals surface area contributed by atoms with Crippen molar-refractivity contribution in [1.82, 2.24) is 10.2 Å². The highest BCUT2D eigenvalue weighted by Gasteiger charge is 2.31. The molecule has 1 fully saturated rings. The van der Waals surface area contributed by atoms with Crippen molar-refractivity contribution >= 4 is 5.91 Å². The summed E-state index contributed by atoms with van der Waals surface area (Å²) in [5, 5.41) is 12.7. The van der Waals surface area contributed by atoms with E-state index in [1.165, 1.54) is 0 Å². The minimum atomic E-state index is -0.548. The predicted octanol–water partition coefficient (Wildman–Crippen LogP) is 0.0752. The summed E-state index contributed by atoms with van der Waals surface area (Å²) in [6, 6.07) is -0.126. The van der Waals surface area contributed by atoms with Crippen LogP contribution in [0.1, 0.15) is 40.0 Å². The molecule has 1 unspecified atom stereocenters. The molecule has 2 atom stereocenters. The zero-order valence-electron chi connectivity index (χ0n) is 11.8. The SMILES string of the molecule is CC(C)(C)NC(=O)[C@@H]1CCCCN1CC(O)CN. The van der Waals surface area contributed by atoms with E-state index in [2.05, 4.69) is 10.2 Å². The van der Waals surface area contributed by atoms with E-state index in [4.69, 9.17) is 5.73 Å². The van der Waals surface area contributed by atoms with Gasteiger partial charge < -0.3 is 16.2 Å². The van der Waals surface area contributed by atoms with Crippen LogP contribution in [0.5, 0.6) is 0 Å². The van der Waals surface area contributed by atoms with Gasteiger partial charge in [-0.05, 0) is 40.2 Å². The highest BCUT2D eigenvalue weighted by atomic mass is 16.3. The Bertz CT molecular complexity index is 276. The Morgan fingerprint density at radius 1 is 1.50 bits per heavy atom. The summed E-state index contributed by atoms with van der Waals surface area (Å²) in [7, 11) is 0. The normalized spacial score (nSPS) is 23.7. The number of nitrogens with zero attached hydrogens (tertiary/aromatic N) is 1. The number of hydrogen-bond donors (Lipinski definition) is 3. The minimum absolute atomic E-state index is 0.0615. The van der Waals surface area contributed by atoms with Crippen molar-refractivity contribution in [3.05, 3.63) is 0 Å². The number of β-amino-alcohol motifs (C(OH)–C–C–N with tert-alkyl or cyclic N) is 1. The lowest BCUT2D eigenvalue weighted by Gasteiger charge is -2.37. The lowest BCUT2D eigenvalue weighted by Crippen LogP contribution is -2.55. The van der Waals surface area contributed by atoms with Crippen molar-refractivity contribution in [2.75, 3.05) is 19.6 Å². The van der Waals surface area contributed by atoms with Gasteiger partial charge in [0.05, 0.1) is 12.1 Å². The number of hydrogen-bond acceptors (Lipinski definition) is 4. The van der Waals surface area contributed by atoms with Crippen LogP contribution in [-0.4, -0.2) is 53.2 Å². The number of likely N-dealkylation sites (tertiary alicyclic amines) is 1. The van der Waals surface area contributed by atoms with E-state index in [9.17, 15) is 9.90 Å². The van der Waals surface area contributed by atoms with Crippen LogP contribution in [0.2, 0.25) is 0 Å². The third-order valence-corrected chi connectivity index (χ3v) is 3.13. The fourth-order valence-corrected chi connectivity index (χ4v) is 2.30. The highest BCUT2D eigenvalue weighted by molar-refractivity contribution is 5.82. The van der Waals surface area contributed by atoms with Crippen molar-refractivity contribution in [3.63, 3.8) is 0 Å². The Balaban J connectivity index is 2.61. The molecule has 1 rings (SSSR count). The molecule has 106 valence electrons. The number of carbonyl (C=O) groups excluding carboxylic acids is 1. The van der Waals surface area contributed by atoms with Gasteiger partial charge in [0.1, 0.15) is 0 Å². The van der Waals surface area contributed by atoms with Crippen LogP contribution in [0.3, 0.4) is 0 Å². The Morgan fingerprint density at radius 3 is 2.72 bits per heavy atom. The average Bonchev–Trinajstić information content (AvgIpc) is 2.27. The van der Waals surface area contributed by atoms with Gasteiger partial charge >= 0.3 is 0 Å². The first-order chi connectivity index (χ1) is 8.33. The molecule has 1 heterocycles. The van der Waals surface area contributed by atoms with Crippen molar-refractivity contribution in [1.29, 1.82) is 0 Å². The molecule has 1 aliphatic heterocycles. The Hall–Kier alpha value is -0.650. The van der Waals surface area contributed by atoms with Crippen molar-refractivity contribution < 1.29 is 9.90 Å². The molecule has 0 radical (unpaired) electrons. The zero-order chi connectivity index (χ0) is 13.8. The standard InChI is InChI=1S/C13H27N3O2/c1-13(2,3)15-12(18)11-6-4-5-7-16(11)9-10(17)8-14/h10-11,17H,4-9,14H2,1-3H3,(H,15,18)/t10?,11-/m0/s1. The zero-order valence-corrected chi connectivity index (χ0v) is 11.8. The first-order valence-electron chi connectivity index (χ1n) is 6.77. The Kier molecular flexibility index (Phi) is 5.56. The second-order valence-electron chi connectivity index (χ2n) is 6.14. The number of amides is 1. The highest BCUT2D eigenvalue weighted by Crippen LogP contribution is 2.18. The molecule has 1 saturated heterocycles. The maximum atomic E-state index is 12.2. The summed E-state index contributed by atoms with van der Waals surface area (Å²) in [5.74, 6) is 0.0615. The van der Waals surface area contributed by atoms with E-state index in [-0.39, 0.29) is 24.0 Å². The van der Waals surface area contributed by atoms with Gasteiger partial charge in [-0.2, -0.15) is 0 Å². The number of rotatable bonds is 4. The molecule has 4 N–H and O–H groups in total. The van der Waals surface area contributed by atoms with Crippen LogP contribution in [0, 0.1) is 0 Å². The van der Waals surface area contributed by atoms with Gasteiger partial charge in [-0.1, -0.05) is 6.42 Å². The van der Waals surface area contributed by atoms with Crippen LogP contribution >= 0.6 is 0 Å². The fourth-order valence-electron chi connectivity index (χ4n) is 2.30. The third-order valence-electron chi connectivity index (χ3n) is 3.13. The summed E-state index contributed by atoms with van der Waals surface area (Å²) in [6.45, 7) is 7.52. The lowest BCUT2D eigenvalue weighted by atomic mass is 9.99. The molecule has 0 aromatic carbocycles. The fraction of sp³-hybridized carbons (Fsp3) is 0.923. The molecule has 0 spiro atoms. The summed E-state index contributed by atoms with van der Waals surface area (Å²) < 4.78 is 0. The molecule has 1 aliphatic rings. The third kappa shape index (κ3) is 4.92. The van der Waals surface area contributed by atoms with Gasteiger partial charge in [0.25, 0.3) is 0 Å². The average molecular weight is 257 g/mol. The molecule has 18 heavy (non-hydrogen) atoms. The summed E-state index contributed by atoms with van der Waals surface area (Å²) in [4.78, 5) is 14.3. The molecule has 0 aromatic heterocycles. The Morgan fingerprint density at radius 2 is 2.17 bits per heavy atom. The van der Waals surface area contributed by atoms with Crippen LogP contribution in [0.25, 0.3) is 0 Å². The van der Waals surface area contributed by atoms with Crippen molar-refractivity contribution in [3.8, 4) is 0 Å². The number of piperidine rings is 1. The first kappa shape index (κ1) is 15.4. The van der Waals surface area contributed by atoms with E-state index in [0.29, 0.717) is 6.54 Å². The van der Waals surface area contributed by atoms with Crippen LogP contribution in [-0.2, 0) is 4.79 Å². The molecule has 5 heteroatoms. The van der Waals surface area contributed by atoms with Crippen molar-refractivity contribution in [2.24, 2.45) is 5.73 Å². The van der Waals surface area contributed by atoms with E-state index in [0.717, 1.165) is 25.8 Å². The van der Waals surface area contributed by atoms with Gasteiger partial charge in [0, 0.05) is 18.6 Å². The van der Waals surface area contributed by atoms with Crippen molar-refractivity contribution in [2.45, 2.75) is 57.7 Å². The van der Waals surface area contributed by atoms with Crippen LogP contribution in [0.4, 0.5) is 0 Å². The molecular formula is C13H27N3O2. The second kappa shape index (κ2) is 6.50. The van der Waals surface area contributed by atoms with E-state index >= 15 is 0 Å². The number of carbonyl (C=O) groups is 1. The smallest absolute Gasteiger partial charge is 0.237 e. The van der Waals surface area contributed by atoms with E-state index in [1.54, 1.807) is 0 Å². The molecule has 0 aromatic rings. The quantitative estimate of drug-likeness (QED) is 0.666. The molecule has 0 bridgehead atoms. The topological polar surface area (TPSA) is 78.6 Å². The second-order valence-corrected chi connectivity index (χ2v) is 6.14. The number of nitrogens with one attached hydrogen (secondary N) is 1. The number of nitrogens with two attached hydrogens (primary N) is 1. The van der Waals surface area contributed by atoms with Gasteiger partial charge in [-0.3, -0.25) is 9.69 Å². The summed E-state index contributed by atoms with van der Waals surface area (Å²) >= 11 is 0. The minimum Gasteiger partial charge on any atom is -0.390 e. The maximum absolute atomic E-state index is 12.2. The van der Waals surface area contributed by atoms with Gasteiger partial charge in [-0.25, -0.2) is 0 Å². The number of aliphatic hydroxyl groups excluding tert-OH is 1. The molecule has 0 aliphatic carbocycles. The first-order valence-corrected chi connectivity index (χ1v) is 6.77. The maximum Gasteiger partial charge on any atom is 0.237 e. The van der Waals surface area contributed by atoms with E-state index in [1.807, 2.05) is 20.8 Å². The summed E-state index contributed by atoms with van der Waals surface area (Å²) in [6.07, 6.45) is 2.46. The largest absolute Gasteiger partial charge is 0.390 e. The molecule has 0 saturated carbocycles. The predicted molar refractivity (Wildman–Crippen MR) is 72.2 cm³/mol. The monoisotopic (exact) mass is 257 g/mol. The molecule has 5 nitrogen and oxygen atoms in total. The van der Waals surface area contributed by atoms with Gasteiger partial charge in [-0.15, -0.1) is 0 Å². The molecule has 1 amide bonds. The van der Waals surface area contributed by atoms with Crippen LogP contribution < -0.4 is 11.1 Å². The lowest BCUT2D eigenvalue weighted by molar-refractivity contribution is -0.129. The van der Waals surface area contributed by atoms with Gasteiger partial charge in [0.15, 0.2) is 0 Å². The Labute approximate surface area is 110 Å².